The van der Waals surface area contributed by atoms with E-state index < -0.39 is 37.3 Å². The summed E-state index contributed by atoms with van der Waals surface area (Å²) in [6, 6.07) is 20.0. The molecule has 0 spiro atoms. The van der Waals surface area contributed by atoms with Crippen LogP contribution in [-0.4, -0.2) is 67.3 Å². The van der Waals surface area contributed by atoms with E-state index in [9.17, 15) is 20.4 Å². The van der Waals surface area contributed by atoms with Gasteiger partial charge in [-0.05, 0) is 34.9 Å². The Hall–Kier alpha value is -3.01. The summed E-state index contributed by atoms with van der Waals surface area (Å²) in [4.78, 5) is 4.46. The number of imidazole rings is 1. The number of hydrogen-bond acceptors (Lipinski definition) is 7. The minimum absolute atomic E-state index is 0.424. The molecular weight excluding hydrogens is 424 g/mol. The highest BCUT2D eigenvalue weighted by Crippen LogP contribution is 2.30. The topological polar surface area (TPSA) is 117 Å². The lowest BCUT2D eigenvalue weighted by atomic mass is 9.99. The molecule has 4 aromatic rings. The van der Waals surface area contributed by atoms with Gasteiger partial charge in [-0.15, -0.1) is 0 Å². The van der Waals surface area contributed by atoms with E-state index in [4.69, 9.17) is 9.47 Å². The fraction of sp³-hybridized carbons (Fsp3) is 0.320. The summed E-state index contributed by atoms with van der Waals surface area (Å²) >= 11 is 0. The van der Waals surface area contributed by atoms with Gasteiger partial charge in [-0.1, -0.05) is 48.5 Å². The SMILES string of the molecule is OC[C@@H]1OC(Oc2cccc3ncn(CCc4ccc5ccccc5c4)c23)[C@@H](O)[C@H](O)[C@H]1O. The van der Waals surface area contributed by atoms with Crippen LogP contribution < -0.4 is 4.74 Å². The minimum Gasteiger partial charge on any atom is -0.460 e. The van der Waals surface area contributed by atoms with E-state index in [1.807, 2.05) is 22.8 Å². The van der Waals surface area contributed by atoms with Crippen molar-refractivity contribution in [3.63, 3.8) is 0 Å². The highest BCUT2D eigenvalue weighted by Gasteiger charge is 2.44. The molecule has 1 aliphatic heterocycles. The summed E-state index contributed by atoms with van der Waals surface area (Å²) in [5, 5.41) is 42.2. The van der Waals surface area contributed by atoms with E-state index in [1.54, 1.807) is 18.5 Å². The molecule has 0 amide bonds. The lowest BCUT2D eigenvalue weighted by Gasteiger charge is -2.39. The van der Waals surface area contributed by atoms with Gasteiger partial charge in [-0.2, -0.15) is 0 Å². The van der Waals surface area contributed by atoms with Crippen molar-refractivity contribution in [1.82, 2.24) is 9.55 Å². The Labute approximate surface area is 190 Å². The maximum atomic E-state index is 10.3. The number of aliphatic hydroxyl groups excluding tert-OH is 4. The zero-order chi connectivity index (χ0) is 22.9. The van der Waals surface area contributed by atoms with Gasteiger partial charge in [0.05, 0.1) is 18.5 Å². The molecule has 8 nitrogen and oxygen atoms in total. The predicted octanol–water partition coefficient (Wildman–Crippen LogP) is 1.61. The van der Waals surface area contributed by atoms with Gasteiger partial charge in [-0.3, -0.25) is 0 Å². The van der Waals surface area contributed by atoms with Crippen LogP contribution in [0, 0.1) is 0 Å². The molecule has 4 N–H and O–H groups in total. The van der Waals surface area contributed by atoms with Crippen LogP contribution in [0.15, 0.2) is 67.0 Å². The second-order valence-electron chi connectivity index (χ2n) is 8.31. The normalized spacial score (nSPS) is 25.5. The average Bonchev–Trinajstić information content (AvgIpc) is 3.27. The smallest absolute Gasteiger partial charge is 0.229 e. The van der Waals surface area contributed by atoms with E-state index in [2.05, 4.69) is 35.3 Å². The lowest BCUT2D eigenvalue weighted by Crippen LogP contribution is -2.60. The van der Waals surface area contributed by atoms with Crippen LogP contribution in [0.2, 0.25) is 0 Å². The van der Waals surface area contributed by atoms with Crippen LogP contribution in [-0.2, 0) is 17.7 Å². The molecule has 1 saturated heterocycles. The van der Waals surface area contributed by atoms with Gasteiger partial charge >= 0.3 is 0 Å². The van der Waals surface area contributed by atoms with Gasteiger partial charge in [0.1, 0.15) is 35.7 Å². The number of fused-ring (bicyclic) bond motifs is 2. The van der Waals surface area contributed by atoms with Crippen LogP contribution in [0.5, 0.6) is 5.75 Å². The summed E-state index contributed by atoms with van der Waals surface area (Å²) in [5.41, 5.74) is 2.65. The molecule has 1 aliphatic rings. The van der Waals surface area contributed by atoms with Crippen molar-refractivity contribution in [2.45, 2.75) is 43.7 Å². The minimum atomic E-state index is -1.50. The summed E-state index contributed by atoms with van der Waals surface area (Å²) in [5.74, 6) is 0.424. The van der Waals surface area contributed by atoms with Crippen molar-refractivity contribution >= 4 is 21.8 Å². The molecular formula is C25H26N2O6. The van der Waals surface area contributed by atoms with Crippen LogP contribution in [0.25, 0.3) is 21.8 Å². The van der Waals surface area contributed by atoms with Crippen LogP contribution in [0.1, 0.15) is 5.56 Å². The molecule has 33 heavy (non-hydrogen) atoms. The molecule has 1 aromatic heterocycles. The monoisotopic (exact) mass is 450 g/mol. The zero-order valence-electron chi connectivity index (χ0n) is 17.9. The third-order valence-corrected chi connectivity index (χ3v) is 6.15. The van der Waals surface area contributed by atoms with Crippen molar-refractivity contribution in [3.8, 4) is 5.75 Å². The Balaban J connectivity index is 1.39. The first-order valence-electron chi connectivity index (χ1n) is 10.9. The number of nitrogens with zero attached hydrogens (tertiary/aromatic N) is 2. The number of rotatable bonds is 6. The van der Waals surface area contributed by atoms with Crippen LogP contribution >= 0.6 is 0 Å². The Morgan fingerprint density at radius 3 is 2.55 bits per heavy atom. The number of ether oxygens (including phenoxy) is 2. The van der Waals surface area contributed by atoms with Gasteiger partial charge in [0.25, 0.3) is 0 Å². The molecule has 2 heterocycles. The summed E-state index contributed by atoms with van der Waals surface area (Å²) in [6.07, 6.45) is -4.19. The van der Waals surface area contributed by atoms with Crippen molar-refractivity contribution in [2.75, 3.05) is 6.61 Å². The summed E-state index contributed by atoms with van der Waals surface area (Å²) in [7, 11) is 0. The first kappa shape index (κ1) is 21.8. The molecule has 0 radical (unpaired) electrons. The van der Waals surface area contributed by atoms with Gasteiger partial charge < -0.3 is 34.5 Å². The number of aliphatic hydroxyl groups is 4. The van der Waals surface area contributed by atoms with Crippen molar-refractivity contribution in [1.29, 1.82) is 0 Å². The van der Waals surface area contributed by atoms with Gasteiger partial charge in [-0.25, -0.2) is 4.98 Å². The van der Waals surface area contributed by atoms with Gasteiger partial charge in [0.2, 0.25) is 6.29 Å². The number of hydrogen-bond donors (Lipinski definition) is 4. The van der Waals surface area contributed by atoms with Crippen molar-refractivity contribution in [3.05, 3.63) is 72.6 Å². The molecule has 1 unspecified atom stereocenters. The van der Waals surface area contributed by atoms with Gasteiger partial charge in [0, 0.05) is 6.54 Å². The Kier molecular flexibility index (Phi) is 6.01. The molecule has 0 bridgehead atoms. The van der Waals surface area contributed by atoms with E-state index in [0.29, 0.717) is 12.3 Å². The molecule has 1 fully saturated rings. The summed E-state index contributed by atoms with van der Waals surface area (Å²) in [6.45, 7) is 0.141. The number of aromatic nitrogens is 2. The number of para-hydroxylation sites is 1. The molecule has 0 aliphatic carbocycles. The fourth-order valence-corrected chi connectivity index (χ4v) is 4.29. The lowest BCUT2D eigenvalue weighted by molar-refractivity contribution is -0.277. The maximum absolute atomic E-state index is 10.3. The first-order chi connectivity index (χ1) is 16.0. The average molecular weight is 450 g/mol. The van der Waals surface area contributed by atoms with E-state index in [0.717, 1.165) is 17.5 Å². The maximum Gasteiger partial charge on any atom is 0.229 e. The highest BCUT2D eigenvalue weighted by atomic mass is 16.7. The Morgan fingerprint density at radius 1 is 0.909 bits per heavy atom. The largest absolute Gasteiger partial charge is 0.460 e. The quantitative estimate of drug-likeness (QED) is 0.353. The van der Waals surface area contributed by atoms with E-state index in [-0.39, 0.29) is 0 Å². The Morgan fingerprint density at radius 2 is 1.73 bits per heavy atom. The summed E-state index contributed by atoms with van der Waals surface area (Å²) < 4.78 is 13.4. The van der Waals surface area contributed by atoms with E-state index in [1.165, 1.54) is 16.3 Å². The molecule has 0 saturated carbocycles. The first-order valence-corrected chi connectivity index (χ1v) is 10.9. The second-order valence-corrected chi connectivity index (χ2v) is 8.31. The number of aryl methyl sites for hydroxylation is 2. The zero-order valence-corrected chi connectivity index (χ0v) is 17.9. The Bertz CT molecular complexity index is 1260. The van der Waals surface area contributed by atoms with Crippen molar-refractivity contribution < 1.29 is 29.9 Å². The van der Waals surface area contributed by atoms with Crippen LogP contribution in [0.3, 0.4) is 0 Å². The molecule has 8 heteroatoms. The highest BCUT2D eigenvalue weighted by molar-refractivity contribution is 5.83. The third-order valence-electron chi connectivity index (χ3n) is 6.15. The predicted molar refractivity (Wildman–Crippen MR) is 122 cm³/mol. The molecule has 3 aromatic carbocycles. The van der Waals surface area contributed by atoms with Crippen LogP contribution in [0.4, 0.5) is 0 Å². The standard InChI is InChI=1S/C25H26N2O6/c28-13-20-22(29)23(30)24(31)25(33-20)32-19-7-3-6-18-21(19)27(14-26-18)11-10-15-8-9-16-4-1-2-5-17(16)12-15/h1-9,12,14,20,22-25,28-31H,10-11,13H2/t20-,22-,23+,24-,25?/m0/s1. The van der Waals surface area contributed by atoms with Gasteiger partial charge in [0.15, 0.2) is 0 Å². The fourth-order valence-electron chi connectivity index (χ4n) is 4.29. The second kappa shape index (κ2) is 9.09. The number of benzene rings is 3. The molecule has 5 atom stereocenters. The molecule has 5 rings (SSSR count). The molecule has 172 valence electrons. The third kappa shape index (κ3) is 4.19. The van der Waals surface area contributed by atoms with Crippen molar-refractivity contribution in [2.24, 2.45) is 0 Å². The van der Waals surface area contributed by atoms with E-state index >= 15 is 0 Å².